The van der Waals surface area contributed by atoms with E-state index in [2.05, 4.69) is 9.50 Å². The van der Waals surface area contributed by atoms with Gasteiger partial charge in [0.05, 0.1) is 19.8 Å². The van der Waals surface area contributed by atoms with Gasteiger partial charge in [0.15, 0.2) is 18.9 Å². The van der Waals surface area contributed by atoms with Crippen molar-refractivity contribution in [3.05, 3.63) is 0 Å². The predicted octanol–water partition coefficient (Wildman–Crippen LogP) is -7.60. The molecule has 3 heterocycles. The van der Waals surface area contributed by atoms with Crippen LogP contribution in [0.4, 0.5) is 0 Å². The molecule has 21 heteroatoms. The van der Waals surface area contributed by atoms with Gasteiger partial charge in [0.1, 0.15) is 73.2 Å². The average molecular weight is 626 g/mol. The SMILES string of the molecule is CC(=O)N[C@H]1[C@H](O[C@@H]2[C@H](O)[C@@H](O)[C@H](O[C@H]3[C@H](O)[C@@H](O)[C@H](O)O[C@@H]3CO)O[C@@H]2CO)O[C@H](CO)[C@H](O)[C@@H]1OS(=O)(=O)O. The van der Waals surface area contributed by atoms with Gasteiger partial charge in [-0.2, -0.15) is 8.42 Å². The van der Waals surface area contributed by atoms with Crippen LogP contribution in [0, 0.1) is 0 Å². The number of aliphatic hydroxyl groups is 9. The molecule has 0 aromatic rings. The van der Waals surface area contributed by atoms with E-state index in [1.54, 1.807) is 0 Å². The molecule has 15 atom stereocenters. The molecular formula is C20H35NO19S. The van der Waals surface area contributed by atoms with E-state index in [4.69, 9.17) is 23.7 Å². The first-order chi connectivity index (χ1) is 19.1. The van der Waals surface area contributed by atoms with Gasteiger partial charge in [-0.3, -0.25) is 9.35 Å². The lowest BCUT2D eigenvalue weighted by Crippen LogP contribution is -2.69. The van der Waals surface area contributed by atoms with Crippen LogP contribution in [0.25, 0.3) is 0 Å². The number of carbonyl (C=O) groups is 1. The van der Waals surface area contributed by atoms with E-state index in [-0.39, 0.29) is 0 Å². The van der Waals surface area contributed by atoms with Crippen LogP contribution >= 0.6 is 0 Å². The van der Waals surface area contributed by atoms with Gasteiger partial charge in [-0.15, -0.1) is 0 Å². The molecule has 0 bridgehead atoms. The fourth-order valence-electron chi connectivity index (χ4n) is 4.70. The minimum Gasteiger partial charge on any atom is -0.394 e. The Kier molecular flexibility index (Phi) is 11.7. The normalized spacial score (nSPS) is 45.8. The molecule has 0 unspecified atom stereocenters. The molecule has 0 aliphatic carbocycles. The number of aliphatic hydroxyl groups excluding tert-OH is 9. The molecule has 0 spiro atoms. The van der Waals surface area contributed by atoms with E-state index in [1.807, 2.05) is 0 Å². The summed E-state index contributed by atoms with van der Waals surface area (Å²) >= 11 is 0. The molecule has 0 aromatic carbocycles. The first-order valence-corrected chi connectivity index (χ1v) is 13.6. The number of hydrogen-bond acceptors (Lipinski definition) is 18. The summed E-state index contributed by atoms with van der Waals surface area (Å²) in [6.45, 7) is -1.70. The summed E-state index contributed by atoms with van der Waals surface area (Å²) < 4.78 is 63.4. The fourth-order valence-corrected chi connectivity index (χ4v) is 5.22. The maximum atomic E-state index is 11.8. The second-order valence-corrected chi connectivity index (χ2v) is 10.6. The number of rotatable bonds is 10. The third-order valence-electron chi connectivity index (χ3n) is 6.70. The van der Waals surface area contributed by atoms with Crippen molar-refractivity contribution in [3.8, 4) is 0 Å². The molecule has 3 aliphatic rings. The standard InChI is InChI=1S/C20H35NO19S/c1-5(25)21-9-17(40-41(32,33)34)10(26)6(2-22)36-19(9)38-16-8(4-24)37-20(14(30)12(16)28)39-15-7(3-23)35-18(31)13(29)11(15)27/h6-20,22-24,26-31H,2-4H2,1H3,(H,21,25)(H,32,33,34)/t6-,7-,8-,9-,10+,11-,12-,13-,14-,15-,16+,17-,18-,19+,20+/m1/s1. The third-order valence-corrected chi connectivity index (χ3v) is 7.16. The zero-order chi connectivity index (χ0) is 30.8. The molecule has 20 nitrogen and oxygen atoms in total. The van der Waals surface area contributed by atoms with Crippen LogP contribution in [0.15, 0.2) is 0 Å². The Balaban J connectivity index is 1.84. The molecule has 0 aromatic heterocycles. The lowest BCUT2D eigenvalue weighted by molar-refractivity contribution is -0.371. The second kappa shape index (κ2) is 14.0. The van der Waals surface area contributed by atoms with Crippen molar-refractivity contribution in [3.63, 3.8) is 0 Å². The van der Waals surface area contributed by atoms with Crippen molar-refractivity contribution in [2.75, 3.05) is 19.8 Å². The summed E-state index contributed by atoms with van der Waals surface area (Å²) in [4.78, 5) is 11.8. The third kappa shape index (κ3) is 7.84. The Morgan fingerprint density at radius 3 is 1.71 bits per heavy atom. The van der Waals surface area contributed by atoms with Gasteiger partial charge in [0, 0.05) is 6.92 Å². The largest absolute Gasteiger partial charge is 0.397 e. The number of hydrogen-bond donors (Lipinski definition) is 11. The van der Waals surface area contributed by atoms with Crippen molar-refractivity contribution in [1.29, 1.82) is 0 Å². The van der Waals surface area contributed by atoms with Gasteiger partial charge in [-0.05, 0) is 0 Å². The molecule has 3 fully saturated rings. The number of carbonyl (C=O) groups excluding carboxylic acids is 1. The van der Waals surface area contributed by atoms with Gasteiger partial charge in [-0.1, -0.05) is 0 Å². The monoisotopic (exact) mass is 625 g/mol. The molecule has 240 valence electrons. The smallest absolute Gasteiger partial charge is 0.394 e. The minimum absolute atomic E-state index is 0.819. The van der Waals surface area contributed by atoms with E-state index < -0.39 is 128 Å². The van der Waals surface area contributed by atoms with Crippen molar-refractivity contribution < 1.29 is 91.6 Å². The molecule has 3 aliphatic heterocycles. The highest BCUT2D eigenvalue weighted by Crippen LogP contribution is 2.33. The van der Waals surface area contributed by atoms with Gasteiger partial charge in [-0.25, -0.2) is 4.18 Å². The number of ether oxygens (including phenoxy) is 5. The van der Waals surface area contributed by atoms with E-state index in [0.29, 0.717) is 0 Å². The highest BCUT2D eigenvalue weighted by molar-refractivity contribution is 7.80. The van der Waals surface area contributed by atoms with Crippen molar-refractivity contribution in [1.82, 2.24) is 5.32 Å². The maximum absolute atomic E-state index is 11.8. The quantitative estimate of drug-likeness (QED) is 0.100. The van der Waals surface area contributed by atoms with Crippen LogP contribution in [0.5, 0.6) is 0 Å². The molecular weight excluding hydrogens is 590 g/mol. The lowest BCUT2D eigenvalue weighted by atomic mass is 9.95. The van der Waals surface area contributed by atoms with Gasteiger partial charge in [0.2, 0.25) is 5.91 Å². The molecule has 3 rings (SSSR count). The molecule has 0 radical (unpaired) electrons. The Labute approximate surface area is 232 Å². The molecule has 3 saturated heterocycles. The zero-order valence-corrected chi connectivity index (χ0v) is 22.2. The Bertz CT molecular complexity index is 968. The van der Waals surface area contributed by atoms with E-state index in [9.17, 15) is 63.7 Å². The predicted molar refractivity (Wildman–Crippen MR) is 123 cm³/mol. The van der Waals surface area contributed by atoms with E-state index in [0.717, 1.165) is 6.92 Å². The summed E-state index contributed by atoms with van der Waals surface area (Å²) in [6, 6.07) is -1.72. The van der Waals surface area contributed by atoms with Gasteiger partial charge < -0.3 is 75.0 Å². The van der Waals surface area contributed by atoms with Crippen LogP contribution in [0.3, 0.4) is 0 Å². The minimum atomic E-state index is -5.25. The Hall–Kier alpha value is -1.22. The molecule has 11 N–H and O–H groups in total. The Morgan fingerprint density at radius 2 is 1.20 bits per heavy atom. The molecule has 41 heavy (non-hydrogen) atoms. The van der Waals surface area contributed by atoms with Gasteiger partial charge in [0.25, 0.3) is 0 Å². The molecule has 1 amide bonds. The summed E-state index contributed by atoms with van der Waals surface area (Å²) in [5.74, 6) is -0.822. The van der Waals surface area contributed by atoms with Crippen LogP contribution in [-0.2, 0) is 43.1 Å². The summed E-state index contributed by atoms with van der Waals surface area (Å²) in [5, 5.41) is 93.1. The number of nitrogens with one attached hydrogen (secondary N) is 1. The highest BCUT2D eigenvalue weighted by Gasteiger charge is 2.54. The number of amides is 1. The van der Waals surface area contributed by atoms with E-state index >= 15 is 0 Å². The summed E-state index contributed by atoms with van der Waals surface area (Å²) in [5.41, 5.74) is 0. The maximum Gasteiger partial charge on any atom is 0.397 e. The second-order valence-electron chi connectivity index (χ2n) is 9.57. The fraction of sp³-hybridized carbons (Fsp3) is 0.950. The Morgan fingerprint density at radius 1 is 0.707 bits per heavy atom. The summed E-state index contributed by atoms with van der Waals surface area (Å²) in [6.07, 6.45) is -25.3. The van der Waals surface area contributed by atoms with Gasteiger partial charge >= 0.3 is 10.4 Å². The summed E-state index contributed by atoms with van der Waals surface area (Å²) in [7, 11) is -5.25. The zero-order valence-electron chi connectivity index (χ0n) is 21.3. The van der Waals surface area contributed by atoms with Crippen LogP contribution in [0.2, 0.25) is 0 Å². The lowest BCUT2D eigenvalue weighted by Gasteiger charge is -2.48. The van der Waals surface area contributed by atoms with Crippen LogP contribution in [-0.4, -0.2) is 177 Å². The van der Waals surface area contributed by atoms with Crippen molar-refractivity contribution in [2.45, 2.75) is 99.0 Å². The average Bonchev–Trinajstić information content (AvgIpc) is 2.90. The highest BCUT2D eigenvalue weighted by atomic mass is 32.3. The topological polar surface area (TPSA) is 321 Å². The van der Waals surface area contributed by atoms with Crippen LogP contribution in [0.1, 0.15) is 6.92 Å². The van der Waals surface area contributed by atoms with E-state index in [1.165, 1.54) is 0 Å². The first-order valence-electron chi connectivity index (χ1n) is 12.2. The molecule has 0 saturated carbocycles. The first kappa shape index (κ1) is 34.3. The van der Waals surface area contributed by atoms with Crippen molar-refractivity contribution >= 4 is 16.3 Å². The van der Waals surface area contributed by atoms with Crippen molar-refractivity contribution in [2.24, 2.45) is 0 Å². The van der Waals surface area contributed by atoms with Crippen LogP contribution < -0.4 is 5.32 Å².